The van der Waals surface area contributed by atoms with Crippen molar-refractivity contribution in [3.63, 3.8) is 0 Å². The number of aliphatic hydroxyl groups is 1. The first-order valence-corrected chi connectivity index (χ1v) is 13.2. The predicted molar refractivity (Wildman–Crippen MR) is 128 cm³/mol. The number of aliphatic hydroxyl groups excluding tert-OH is 1. The fourth-order valence-corrected chi connectivity index (χ4v) is 9.07. The van der Waals surface area contributed by atoms with Gasteiger partial charge in [0, 0.05) is 5.41 Å². The Balaban J connectivity index is 1.62. The molecule has 0 aromatic carbocycles. The van der Waals surface area contributed by atoms with Gasteiger partial charge in [-0.1, -0.05) is 50.5 Å². The largest absolute Gasteiger partial charge is 0.549 e. The molecule has 0 bridgehead atoms. The highest BCUT2D eigenvalue weighted by Crippen LogP contribution is 2.68. The number of carbonyl (C=O) groups excluding carboxylic acids is 1. The van der Waals surface area contributed by atoms with Gasteiger partial charge in [0.2, 0.25) is 0 Å². The summed E-state index contributed by atoms with van der Waals surface area (Å²) in [6.07, 6.45) is 12.4. The predicted octanol–water partition coefficient (Wildman–Crippen LogP) is 5.82. The summed E-state index contributed by atoms with van der Waals surface area (Å²) in [5.74, 6) is 1.13. The number of fused-ring (bicyclic) bond motifs is 4. The van der Waals surface area contributed by atoms with Crippen molar-refractivity contribution >= 4 is 5.97 Å². The molecule has 1 N–H and O–H groups in total. The molecule has 3 heteroatoms. The average molecular weight is 442 g/mol. The van der Waals surface area contributed by atoms with Gasteiger partial charge in [0.15, 0.2) is 0 Å². The molecule has 2 saturated carbocycles. The van der Waals surface area contributed by atoms with Crippen molar-refractivity contribution in [1.82, 2.24) is 0 Å². The minimum atomic E-state index is -1.13. The molecule has 0 saturated heterocycles. The highest BCUT2D eigenvalue weighted by molar-refractivity contribution is 5.74. The van der Waals surface area contributed by atoms with E-state index in [4.69, 9.17) is 0 Å². The zero-order valence-corrected chi connectivity index (χ0v) is 21.3. The third-order valence-electron chi connectivity index (χ3n) is 10.9. The molecule has 8 unspecified atom stereocenters. The Morgan fingerprint density at radius 2 is 1.84 bits per heavy atom. The number of rotatable bonds is 5. The minimum absolute atomic E-state index is 0.0212. The van der Waals surface area contributed by atoms with Crippen molar-refractivity contribution in [3.05, 3.63) is 22.8 Å². The van der Waals surface area contributed by atoms with E-state index in [1.807, 2.05) is 0 Å². The van der Waals surface area contributed by atoms with Crippen molar-refractivity contribution in [1.29, 1.82) is 0 Å². The van der Waals surface area contributed by atoms with E-state index in [1.54, 1.807) is 18.1 Å². The zero-order chi connectivity index (χ0) is 23.5. The number of carboxylic acids is 1. The van der Waals surface area contributed by atoms with Crippen LogP contribution in [0, 0.1) is 39.9 Å². The number of hydrogen-bond acceptors (Lipinski definition) is 3. The lowest BCUT2D eigenvalue weighted by atomic mass is 9.45. The van der Waals surface area contributed by atoms with Gasteiger partial charge in [-0.15, -0.1) is 0 Å². The van der Waals surface area contributed by atoms with Crippen molar-refractivity contribution in [2.24, 2.45) is 39.9 Å². The summed E-state index contributed by atoms with van der Waals surface area (Å²) >= 11 is 0. The third-order valence-corrected chi connectivity index (χ3v) is 10.9. The van der Waals surface area contributed by atoms with Gasteiger partial charge in [-0.05, 0) is 113 Å². The molecule has 4 aliphatic carbocycles. The topological polar surface area (TPSA) is 60.4 Å². The molecule has 4 rings (SSSR count). The van der Waals surface area contributed by atoms with Crippen molar-refractivity contribution in [2.75, 3.05) is 0 Å². The van der Waals surface area contributed by atoms with Gasteiger partial charge in [-0.2, -0.15) is 0 Å². The second-order valence-corrected chi connectivity index (χ2v) is 12.7. The lowest BCUT2D eigenvalue weighted by Gasteiger charge is -2.60. The molecule has 0 aliphatic heterocycles. The molecule has 0 aromatic rings. The summed E-state index contributed by atoms with van der Waals surface area (Å²) in [4.78, 5) is 12.2. The summed E-state index contributed by atoms with van der Waals surface area (Å²) in [5.41, 5.74) is 3.84. The number of allylic oxidation sites excluding steroid dienone is 4. The van der Waals surface area contributed by atoms with Crippen LogP contribution in [0.2, 0.25) is 0 Å². The van der Waals surface area contributed by atoms with E-state index in [0.717, 1.165) is 37.5 Å². The smallest absolute Gasteiger partial charge is 0.0649 e. The Hall–Kier alpha value is -1.09. The average Bonchev–Trinajstić information content (AvgIpc) is 3.08. The maximum Gasteiger partial charge on any atom is 0.0649 e. The van der Waals surface area contributed by atoms with Crippen LogP contribution in [0.1, 0.15) is 106 Å². The lowest BCUT2D eigenvalue weighted by Crippen LogP contribution is -2.61. The van der Waals surface area contributed by atoms with Crippen LogP contribution in [0.3, 0.4) is 0 Å². The van der Waals surface area contributed by atoms with Gasteiger partial charge in [0.05, 0.1) is 12.1 Å². The first-order chi connectivity index (χ1) is 15.0. The van der Waals surface area contributed by atoms with Crippen LogP contribution in [0.4, 0.5) is 0 Å². The first-order valence-electron chi connectivity index (χ1n) is 13.2. The van der Waals surface area contributed by atoms with Gasteiger partial charge in [0.25, 0.3) is 0 Å². The molecule has 0 spiro atoms. The number of hydrogen-bond donors (Lipinski definition) is 1. The van der Waals surface area contributed by atoms with Crippen molar-refractivity contribution < 1.29 is 15.0 Å². The fraction of sp³-hybridized carbons (Fsp3) is 0.828. The summed E-state index contributed by atoms with van der Waals surface area (Å²) in [6.45, 7) is 13.5. The molecule has 32 heavy (non-hydrogen) atoms. The van der Waals surface area contributed by atoms with Gasteiger partial charge in [-0.25, -0.2) is 0 Å². The zero-order valence-electron chi connectivity index (χ0n) is 21.3. The molecular formula is C29H45O3-. The van der Waals surface area contributed by atoms with Crippen LogP contribution in [0.25, 0.3) is 0 Å². The quantitative estimate of drug-likeness (QED) is 0.547. The number of carboxylic acid groups (broad SMARTS) is 1. The van der Waals surface area contributed by atoms with E-state index in [1.165, 1.54) is 37.7 Å². The van der Waals surface area contributed by atoms with E-state index in [0.29, 0.717) is 17.8 Å². The first kappa shape index (κ1) is 24.0. The van der Waals surface area contributed by atoms with Crippen LogP contribution in [-0.2, 0) is 4.79 Å². The molecule has 180 valence electrons. The van der Waals surface area contributed by atoms with Crippen LogP contribution >= 0.6 is 0 Å². The Bertz CT molecular complexity index is 820. The molecule has 0 aromatic heterocycles. The number of aliphatic carboxylic acids is 1. The van der Waals surface area contributed by atoms with E-state index < -0.39 is 17.5 Å². The lowest BCUT2D eigenvalue weighted by molar-refractivity contribution is -0.331. The Kier molecular flexibility index (Phi) is 6.23. The normalized spacial score (nSPS) is 44.3. The summed E-state index contributed by atoms with van der Waals surface area (Å²) < 4.78 is 0. The van der Waals surface area contributed by atoms with Crippen molar-refractivity contribution in [3.8, 4) is 0 Å². The van der Waals surface area contributed by atoms with E-state index >= 15 is 0 Å². The molecule has 0 heterocycles. The molecule has 3 nitrogen and oxygen atoms in total. The monoisotopic (exact) mass is 441 g/mol. The molecule has 8 atom stereocenters. The Morgan fingerprint density at radius 1 is 1.12 bits per heavy atom. The second kappa shape index (κ2) is 8.29. The molecule has 0 amide bonds. The summed E-state index contributed by atoms with van der Waals surface area (Å²) in [7, 11) is 0. The molecule has 2 fully saturated rings. The fourth-order valence-electron chi connectivity index (χ4n) is 9.07. The SMILES string of the molecule is CC(C)=CCCC(C)C1CCC2C3=C(CCC21C)C1(C)CCC(O)C(C)(C(=O)[O-])C1CC3. The number of carbonyl (C=O) groups is 1. The highest BCUT2D eigenvalue weighted by Gasteiger charge is 2.60. The highest BCUT2D eigenvalue weighted by atomic mass is 16.4. The molecule has 0 radical (unpaired) electrons. The Morgan fingerprint density at radius 3 is 2.50 bits per heavy atom. The molecular weight excluding hydrogens is 396 g/mol. The Labute approximate surface area is 195 Å². The second-order valence-electron chi connectivity index (χ2n) is 12.7. The van der Waals surface area contributed by atoms with Crippen LogP contribution in [0.5, 0.6) is 0 Å². The van der Waals surface area contributed by atoms with Gasteiger partial charge >= 0.3 is 0 Å². The maximum atomic E-state index is 12.2. The third kappa shape index (κ3) is 3.44. The van der Waals surface area contributed by atoms with Crippen LogP contribution in [0.15, 0.2) is 22.8 Å². The molecule has 4 aliphatic rings. The minimum Gasteiger partial charge on any atom is -0.549 e. The maximum absolute atomic E-state index is 12.2. The van der Waals surface area contributed by atoms with Crippen LogP contribution < -0.4 is 5.11 Å². The van der Waals surface area contributed by atoms with Crippen LogP contribution in [-0.4, -0.2) is 17.2 Å². The summed E-state index contributed by atoms with van der Waals surface area (Å²) in [6, 6.07) is 0. The van der Waals surface area contributed by atoms with E-state index in [9.17, 15) is 15.0 Å². The van der Waals surface area contributed by atoms with Gasteiger partial charge < -0.3 is 15.0 Å². The summed E-state index contributed by atoms with van der Waals surface area (Å²) in [5, 5.41) is 22.9. The van der Waals surface area contributed by atoms with Gasteiger partial charge in [0.1, 0.15) is 0 Å². The van der Waals surface area contributed by atoms with Crippen molar-refractivity contribution in [2.45, 2.75) is 112 Å². The van der Waals surface area contributed by atoms with E-state index in [-0.39, 0.29) is 11.3 Å². The van der Waals surface area contributed by atoms with E-state index in [2.05, 4.69) is 40.7 Å². The standard InChI is InChI=1S/C29H46O3/c1-18(2)8-7-9-19(3)21-11-12-22-20-10-13-24-28(5,23(20)14-16-27(21,22)4)17-15-25(30)29(24,6)26(31)32/h8,19,21-22,24-25,30H,7,9-17H2,1-6H3,(H,31,32)/p-1. The van der Waals surface area contributed by atoms with Gasteiger partial charge in [-0.3, -0.25) is 0 Å².